The lowest BCUT2D eigenvalue weighted by Crippen LogP contribution is -2.44. The van der Waals surface area contributed by atoms with Gasteiger partial charge in [0.25, 0.3) is 0 Å². The highest BCUT2D eigenvalue weighted by molar-refractivity contribution is 5.85. The molecule has 1 aromatic rings. The SMILES string of the molecule is Cl.NCC(=O)N1CCC(Oc2ccncc2)CC1. The fourth-order valence-electron chi connectivity index (χ4n) is 1.96. The van der Waals surface area contributed by atoms with Crippen LogP contribution >= 0.6 is 12.4 Å². The van der Waals surface area contributed by atoms with Crippen molar-refractivity contribution in [3.05, 3.63) is 24.5 Å². The van der Waals surface area contributed by atoms with Gasteiger partial charge in [-0.1, -0.05) is 0 Å². The van der Waals surface area contributed by atoms with E-state index in [1.165, 1.54) is 0 Å². The summed E-state index contributed by atoms with van der Waals surface area (Å²) in [5, 5.41) is 0. The van der Waals surface area contributed by atoms with Gasteiger partial charge in [-0.05, 0) is 12.1 Å². The number of carbonyl (C=O) groups is 1. The standard InChI is InChI=1S/C12H17N3O2.ClH/c13-9-12(16)15-7-3-11(4-8-15)17-10-1-5-14-6-2-10;/h1-2,5-6,11H,3-4,7-9,13H2;1H. The summed E-state index contributed by atoms with van der Waals surface area (Å²) in [6.45, 7) is 1.55. The zero-order chi connectivity index (χ0) is 12.1. The summed E-state index contributed by atoms with van der Waals surface area (Å²) >= 11 is 0. The van der Waals surface area contributed by atoms with Crippen LogP contribution in [0.25, 0.3) is 0 Å². The van der Waals surface area contributed by atoms with Crippen molar-refractivity contribution in [2.24, 2.45) is 5.73 Å². The maximum Gasteiger partial charge on any atom is 0.236 e. The number of pyridine rings is 1. The van der Waals surface area contributed by atoms with Crippen LogP contribution in [0.1, 0.15) is 12.8 Å². The normalized spacial score (nSPS) is 15.9. The first kappa shape index (κ1) is 14.7. The van der Waals surface area contributed by atoms with Crippen LogP contribution < -0.4 is 10.5 Å². The van der Waals surface area contributed by atoms with Crippen molar-refractivity contribution in [3.63, 3.8) is 0 Å². The second kappa shape index (κ2) is 7.18. The summed E-state index contributed by atoms with van der Waals surface area (Å²) in [5.74, 6) is 0.857. The third-order valence-electron chi connectivity index (χ3n) is 2.92. The molecule has 2 rings (SSSR count). The topological polar surface area (TPSA) is 68.5 Å². The monoisotopic (exact) mass is 271 g/mol. The molecule has 0 unspecified atom stereocenters. The molecular weight excluding hydrogens is 254 g/mol. The number of ether oxygens (including phenoxy) is 1. The zero-order valence-corrected chi connectivity index (χ0v) is 10.9. The third-order valence-corrected chi connectivity index (χ3v) is 2.92. The van der Waals surface area contributed by atoms with E-state index in [0.29, 0.717) is 0 Å². The van der Waals surface area contributed by atoms with Gasteiger partial charge in [-0.3, -0.25) is 9.78 Å². The number of nitrogens with zero attached hydrogens (tertiary/aromatic N) is 2. The number of rotatable bonds is 3. The molecule has 0 spiro atoms. The molecule has 0 radical (unpaired) electrons. The molecule has 1 saturated heterocycles. The molecular formula is C12H18ClN3O2. The highest BCUT2D eigenvalue weighted by atomic mass is 35.5. The van der Waals surface area contributed by atoms with Crippen LogP contribution in [0.4, 0.5) is 0 Å². The number of carbonyl (C=O) groups excluding carboxylic acids is 1. The first-order valence-electron chi connectivity index (χ1n) is 5.84. The molecule has 100 valence electrons. The fourth-order valence-corrected chi connectivity index (χ4v) is 1.96. The molecule has 1 amide bonds. The lowest BCUT2D eigenvalue weighted by atomic mass is 10.1. The van der Waals surface area contributed by atoms with Crippen LogP contribution in [0.3, 0.4) is 0 Å². The van der Waals surface area contributed by atoms with Gasteiger partial charge in [0, 0.05) is 38.3 Å². The van der Waals surface area contributed by atoms with E-state index >= 15 is 0 Å². The van der Waals surface area contributed by atoms with Crippen molar-refractivity contribution >= 4 is 18.3 Å². The van der Waals surface area contributed by atoms with Crippen LogP contribution in [0, 0.1) is 0 Å². The van der Waals surface area contributed by atoms with Crippen LogP contribution in [0.15, 0.2) is 24.5 Å². The van der Waals surface area contributed by atoms with E-state index in [9.17, 15) is 4.79 Å². The van der Waals surface area contributed by atoms with E-state index in [1.54, 1.807) is 17.3 Å². The van der Waals surface area contributed by atoms with Gasteiger partial charge in [-0.15, -0.1) is 12.4 Å². The second-order valence-corrected chi connectivity index (χ2v) is 4.09. The Hall–Kier alpha value is -1.33. The van der Waals surface area contributed by atoms with E-state index < -0.39 is 0 Å². The first-order valence-corrected chi connectivity index (χ1v) is 5.84. The van der Waals surface area contributed by atoms with Crippen molar-refractivity contribution in [2.45, 2.75) is 18.9 Å². The van der Waals surface area contributed by atoms with E-state index in [1.807, 2.05) is 12.1 Å². The van der Waals surface area contributed by atoms with Gasteiger partial charge in [-0.25, -0.2) is 0 Å². The Morgan fingerprint density at radius 3 is 2.56 bits per heavy atom. The Morgan fingerprint density at radius 2 is 2.00 bits per heavy atom. The number of hydrogen-bond acceptors (Lipinski definition) is 4. The molecule has 5 nitrogen and oxygen atoms in total. The number of piperidine rings is 1. The molecule has 0 bridgehead atoms. The molecule has 6 heteroatoms. The van der Waals surface area contributed by atoms with Crippen LogP contribution in [-0.4, -0.2) is 41.5 Å². The van der Waals surface area contributed by atoms with E-state index in [0.717, 1.165) is 31.7 Å². The Balaban J connectivity index is 0.00000162. The first-order chi connectivity index (χ1) is 8.29. The predicted octanol–water partition coefficient (Wildman–Crippen LogP) is 0.832. The van der Waals surface area contributed by atoms with Gasteiger partial charge in [0.1, 0.15) is 11.9 Å². The van der Waals surface area contributed by atoms with Crippen LogP contribution in [-0.2, 0) is 4.79 Å². The summed E-state index contributed by atoms with van der Waals surface area (Å²) in [6.07, 6.45) is 5.31. The molecule has 1 aliphatic rings. The lowest BCUT2D eigenvalue weighted by Gasteiger charge is -2.31. The summed E-state index contributed by atoms with van der Waals surface area (Å²) in [6, 6.07) is 3.69. The molecule has 0 aromatic carbocycles. The van der Waals surface area contributed by atoms with Gasteiger partial charge in [0.05, 0.1) is 6.54 Å². The molecule has 0 saturated carbocycles. The summed E-state index contributed by atoms with van der Waals surface area (Å²) in [4.78, 5) is 17.1. The predicted molar refractivity (Wildman–Crippen MR) is 70.8 cm³/mol. The molecule has 2 heterocycles. The number of aromatic nitrogens is 1. The Labute approximate surface area is 113 Å². The third kappa shape index (κ3) is 3.85. The molecule has 1 aromatic heterocycles. The Kier molecular flexibility index (Phi) is 5.88. The minimum absolute atomic E-state index is 0. The fraction of sp³-hybridized carbons (Fsp3) is 0.500. The van der Waals surface area contributed by atoms with Gasteiger partial charge >= 0.3 is 0 Å². The van der Waals surface area contributed by atoms with Crippen LogP contribution in [0.5, 0.6) is 5.75 Å². The number of halogens is 1. The largest absolute Gasteiger partial charge is 0.490 e. The molecule has 1 fully saturated rings. The van der Waals surface area contributed by atoms with Gasteiger partial charge in [-0.2, -0.15) is 0 Å². The molecule has 0 aliphatic carbocycles. The minimum atomic E-state index is 0. The number of hydrogen-bond donors (Lipinski definition) is 1. The molecule has 18 heavy (non-hydrogen) atoms. The average Bonchev–Trinajstić information content (AvgIpc) is 2.40. The summed E-state index contributed by atoms with van der Waals surface area (Å²) in [7, 11) is 0. The highest BCUT2D eigenvalue weighted by Crippen LogP contribution is 2.17. The zero-order valence-electron chi connectivity index (χ0n) is 10.1. The van der Waals surface area contributed by atoms with Gasteiger partial charge in [0.15, 0.2) is 0 Å². The van der Waals surface area contributed by atoms with Crippen molar-refractivity contribution < 1.29 is 9.53 Å². The number of likely N-dealkylation sites (tertiary alicyclic amines) is 1. The van der Waals surface area contributed by atoms with E-state index in [4.69, 9.17) is 10.5 Å². The number of amides is 1. The molecule has 1 aliphatic heterocycles. The Bertz CT molecular complexity index is 367. The number of nitrogens with two attached hydrogens (primary N) is 1. The van der Waals surface area contributed by atoms with Crippen molar-refractivity contribution in [1.82, 2.24) is 9.88 Å². The quantitative estimate of drug-likeness (QED) is 0.884. The summed E-state index contributed by atoms with van der Waals surface area (Å²) < 4.78 is 5.81. The van der Waals surface area contributed by atoms with Crippen LogP contribution in [0.2, 0.25) is 0 Å². The van der Waals surface area contributed by atoms with E-state index in [-0.39, 0.29) is 31.0 Å². The lowest BCUT2D eigenvalue weighted by molar-refractivity contribution is -0.131. The minimum Gasteiger partial charge on any atom is -0.490 e. The maximum atomic E-state index is 11.4. The highest BCUT2D eigenvalue weighted by Gasteiger charge is 2.22. The second-order valence-electron chi connectivity index (χ2n) is 4.09. The van der Waals surface area contributed by atoms with Crippen molar-refractivity contribution in [1.29, 1.82) is 0 Å². The molecule has 0 atom stereocenters. The van der Waals surface area contributed by atoms with Gasteiger partial charge < -0.3 is 15.4 Å². The summed E-state index contributed by atoms with van der Waals surface area (Å²) in [5.41, 5.74) is 5.33. The van der Waals surface area contributed by atoms with Crippen molar-refractivity contribution in [2.75, 3.05) is 19.6 Å². The average molecular weight is 272 g/mol. The smallest absolute Gasteiger partial charge is 0.236 e. The van der Waals surface area contributed by atoms with Gasteiger partial charge in [0.2, 0.25) is 5.91 Å². The maximum absolute atomic E-state index is 11.4. The van der Waals surface area contributed by atoms with Crippen molar-refractivity contribution in [3.8, 4) is 5.75 Å². The van der Waals surface area contributed by atoms with E-state index in [2.05, 4.69) is 4.98 Å². The molecule has 2 N–H and O–H groups in total. The Morgan fingerprint density at radius 1 is 1.39 bits per heavy atom.